The van der Waals surface area contributed by atoms with Crippen LogP contribution in [0.2, 0.25) is 0 Å². The number of ether oxygens (including phenoxy) is 1. The molecule has 0 fully saturated rings. The van der Waals surface area contributed by atoms with Gasteiger partial charge in [-0.15, -0.1) is 11.3 Å². The van der Waals surface area contributed by atoms with Crippen molar-refractivity contribution in [3.8, 4) is 0 Å². The molecule has 0 N–H and O–H groups in total. The summed E-state index contributed by atoms with van der Waals surface area (Å²) in [6.45, 7) is 6.73. The molecule has 0 spiro atoms. The summed E-state index contributed by atoms with van der Waals surface area (Å²) in [6.07, 6.45) is 3.46. The largest absolute Gasteiger partial charge is 0.370 e. The Hall–Kier alpha value is -2.12. The van der Waals surface area contributed by atoms with Crippen LogP contribution in [0.1, 0.15) is 44.9 Å². The Labute approximate surface area is 154 Å². The highest BCUT2D eigenvalue weighted by atomic mass is 32.1. The maximum absolute atomic E-state index is 12.8. The molecule has 7 heteroatoms. The highest BCUT2D eigenvalue weighted by molar-refractivity contribution is 7.25. The topological polar surface area (TPSA) is 74.1 Å². The summed E-state index contributed by atoms with van der Waals surface area (Å²) in [5, 5.41) is 0.917. The van der Waals surface area contributed by atoms with Crippen LogP contribution in [0.25, 0.3) is 20.4 Å². The van der Waals surface area contributed by atoms with Gasteiger partial charge in [0.25, 0.3) is 5.56 Å². The third-order valence-electron chi connectivity index (χ3n) is 4.75. The summed E-state index contributed by atoms with van der Waals surface area (Å²) in [7, 11) is 0. The third-order valence-corrected chi connectivity index (χ3v) is 5.82. The zero-order valence-electron chi connectivity index (χ0n) is 15.2. The van der Waals surface area contributed by atoms with E-state index in [1.165, 1.54) is 11.3 Å². The first-order valence-corrected chi connectivity index (χ1v) is 9.59. The number of thiophene rings is 1. The first-order chi connectivity index (χ1) is 12.3. The van der Waals surface area contributed by atoms with Crippen LogP contribution in [-0.4, -0.2) is 25.9 Å². The van der Waals surface area contributed by atoms with Crippen LogP contribution in [0.4, 0.5) is 0 Å². The Bertz CT molecular complexity index is 1080. The predicted molar refractivity (Wildman–Crippen MR) is 102 cm³/mol. The molecule has 26 heavy (non-hydrogen) atoms. The van der Waals surface area contributed by atoms with Gasteiger partial charge in [0.2, 0.25) is 0 Å². The zero-order valence-corrected chi connectivity index (χ0v) is 16.0. The number of pyridine rings is 1. The minimum absolute atomic E-state index is 0.0592. The Morgan fingerprint density at radius 2 is 2.23 bits per heavy atom. The van der Waals surface area contributed by atoms with E-state index < -0.39 is 0 Å². The summed E-state index contributed by atoms with van der Waals surface area (Å²) in [6, 6.07) is 2.07. The summed E-state index contributed by atoms with van der Waals surface area (Å²) in [5.41, 5.74) is 2.55. The van der Waals surface area contributed by atoms with E-state index in [0.717, 1.165) is 27.9 Å². The van der Waals surface area contributed by atoms with Crippen molar-refractivity contribution in [2.45, 2.75) is 58.8 Å². The van der Waals surface area contributed by atoms with Crippen molar-refractivity contribution >= 4 is 37.6 Å². The summed E-state index contributed by atoms with van der Waals surface area (Å²) in [5.74, 6) is 0.133. The molecule has 0 amide bonds. The SMILES string of the molecule is CC(=O)CCCn1cnc2c(sc3nc4c(cc32)COC(C)(C)C4)c1=O. The average molecular weight is 371 g/mol. The van der Waals surface area contributed by atoms with Crippen LogP contribution in [0, 0.1) is 0 Å². The molecule has 0 bridgehead atoms. The Morgan fingerprint density at radius 3 is 3.00 bits per heavy atom. The van der Waals surface area contributed by atoms with Crippen molar-refractivity contribution in [1.82, 2.24) is 14.5 Å². The van der Waals surface area contributed by atoms with Gasteiger partial charge >= 0.3 is 0 Å². The molecular weight excluding hydrogens is 350 g/mol. The van der Waals surface area contributed by atoms with E-state index >= 15 is 0 Å². The number of fused-ring (bicyclic) bond motifs is 4. The summed E-state index contributed by atoms with van der Waals surface area (Å²) < 4.78 is 8.10. The lowest BCUT2D eigenvalue weighted by molar-refractivity contribution is -0.117. The number of ketones is 1. The van der Waals surface area contributed by atoms with Crippen molar-refractivity contribution < 1.29 is 9.53 Å². The molecule has 3 aromatic rings. The van der Waals surface area contributed by atoms with Crippen LogP contribution in [-0.2, 0) is 29.1 Å². The monoisotopic (exact) mass is 371 g/mol. The van der Waals surface area contributed by atoms with Gasteiger partial charge in [-0.1, -0.05) is 0 Å². The molecule has 136 valence electrons. The molecule has 0 unspecified atom stereocenters. The number of hydrogen-bond donors (Lipinski definition) is 0. The second kappa shape index (κ2) is 6.25. The fraction of sp³-hybridized carbons (Fsp3) is 0.474. The molecule has 6 nitrogen and oxygen atoms in total. The van der Waals surface area contributed by atoms with Crippen molar-refractivity contribution in [1.29, 1.82) is 0 Å². The maximum atomic E-state index is 12.8. The van der Waals surface area contributed by atoms with Crippen molar-refractivity contribution in [3.63, 3.8) is 0 Å². The van der Waals surface area contributed by atoms with Crippen LogP contribution in [0.3, 0.4) is 0 Å². The summed E-state index contributed by atoms with van der Waals surface area (Å²) in [4.78, 5) is 34.1. The highest BCUT2D eigenvalue weighted by Crippen LogP contribution is 2.34. The molecular formula is C19H21N3O3S. The van der Waals surface area contributed by atoms with Crippen molar-refractivity contribution in [2.24, 2.45) is 0 Å². The Balaban J connectivity index is 1.78. The molecule has 0 aromatic carbocycles. The van der Waals surface area contributed by atoms with Gasteiger partial charge in [-0.05, 0) is 33.3 Å². The minimum Gasteiger partial charge on any atom is -0.370 e. The van der Waals surface area contributed by atoms with E-state index in [0.29, 0.717) is 36.2 Å². The summed E-state index contributed by atoms with van der Waals surface area (Å²) >= 11 is 1.40. The van der Waals surface area contributed by atoms with Gasteiger partial charge in [0.1, 0.15) is 15.3 Å². The van der Waals surface area contributed by atoms with E-state index in [1.807, 2.05) is 0 Å². The molecule has 0 atom stereocenters. The average Bonchev–Trinajstić information content (AvgIpc) is 2.92. The van der Waals surface area contributed by atoms with E-state index in [9.17, 15) is 9.59 Å². The molecule has 4 heterocycles. The van der Waals surface area contributed by atoms with E-state index in [4.69, 9.17) is 9.72 Å². The van der Waals surface area contributed by atoms with Crippen molar-refractivity contribution in [3.05, 3.63) is 34.0 Å². The van der Waals surface area contributed by atoms with Crippen LogP contribution in [0.15, 0.2) is 17.2 Å². The standard InChI is InChI=1S/C19H21N3O3S/c1-11(23)5-4-6-22-10-20-15-13-7-12-9-25-19(2,3)8-14(12)21-17(13)26-16(15)18(22)24/h7,10H,4-6,8-9H2,1-3H3. The molecule has 0 aliphatic carbocycles. The van der Waals surface area contributed by atoms with E-state index in [2.05, 4.69) is 24.9 Å². The number of carbonyl (C=O) groups excluding carboxylic acids is 1. The van der Waals surface area contributed by atoms with Gasteiger partial charge in [-0.2, -0.15) is 0 Å². The van der Waals surface area contributed by atoms with Gasteiger partial charge in [-0.3, -0.25) is 9.36 Å². The first kappa shape index (κ1) is 17.3. The van der Waals surface area contributed by atoms with Gasteiger partial charge in [-0.25, -0.2) is 9.97 Å². The quantitative estimate of drug-likeness (QED) is 0.704. The number of aryl methyl sites for hydroxylation is 1. The van der Waals surface area contributed by atoms with Crippen LogP contribution < -0.4 is 5.56 Å². The van der Waals surface area contributed by atoms with E-state index in [-0.39, 0.29) is 16.9 Å². The number of aromatic nitrogens is 3. The normalized spacial score (nSPS) is 16.1. The van der Waals surface area contributed by atoms with Gasteiger partial charge < -0.3 is 9.53 Å². The lowest BCUT2D eigenvalue weighted by Crippen LogP contribution is -2.32. The number of nitrogens with zero attached hydrogens (tertiary/aromatic N) is 3. The second-order valence-electron chi connectivity index (χ2n) is 7.50. The third kappa shape index (κ3) is 3.05. The number of hydrogen-bond acceptors (Lipinski definition) is 6. The number of Topliss-reactive ketones (excluding diaryl/α,β-unsaturated/α-hetero) is 1. The van der Waals surface area contributed by atoms with Gasteiger partial charge in [0.05, 0.1) is 29.7 Å². The van der Waals surface area contributed by atoms with Crippen LogP contribution in [0.5, 0.6) is 0 Å². The number of rotatable bonds is 4. The molecule has 0 saturated carbocycles. The fourth-order valence-electron chi connectivity index (χ4n) is 3.34. The second-order valence-corrected chi connectivity index (χ2v) is 8.50. The predicted octanol–water partition coefficient (Wildman–Crippen LogP) is 3.23. The minimum atomic E-state index is -0.216. The Kier molecular flexibility index (Phi) is 4.16. The van der Waals surface area contributed by atoms with Gasteiger partial charge in [0, 0.05) is 30.3 Å². The maximum Gasteiger partial charge on any atom is 0.271 e. The zero-order chi connectivity index (χ0) is 18.5. The lowest BCUT2D eigenvalue weighted by atomic mass is 9.95. The molecule has 0 saturated heterocycles. The lowest BCUT2D eigenvalue weighted by Gasteiger charge is -2.30. The fourth-order valence-corrected chi connectivity index (χ4v) is 4.41. The molecule has 1 aliphatic rings. The van der Waals surface area contributed by atoms with Crippen LogP contribution >= 0.6 is 11.3 Å². The smallest absolute Gasteiger partial charge is 0.271 e. The van der Waals surface area contributed by atoms with Gasteiger partial charge in [0.15, 0.2) is 0 Å². The van der Waals surface area contributed by atoms with E-state index in [1.54, 1.807) is 17.8 Å². The Morgan fingerprint density at radius 1 is 1.42 bits per heavy atom. The van der Waals surface area contributed by atoms with Crippen molar-refractivity contribution in [2.75, 3.05) is 0 Å². The molecule has 1 aliphatic heterocycles. The molecule has 3 aromatic heterocycles. The number of carbonyl (C=O) groups is 1. The highest BCUT2D eigenvalue weighted by Gasteiger charge is 2.28. The first-order valence-electron chi connectivity index (χ1n) is 8.78. The molecule has 4 rings (SSSR count). The molecule has 0 radical (unpaired) electrons.